The summed E-state index contributed by atoms with van der Waals surface area (Å²) in [4.78, 5) is 23.5. The molecule has 6 nitrogen and oxygen atoms in total. The summed E-state index contributed by atoms with van der Waals surface area (Å²) in [6.07, 6.45) is 19.3. The van der Waals surface area contributed by atoms with Gasteiger partial charge in [0, 0.05) is 49.7 Å². The van der Waals surface area contributed by atoms with Crippen molar-refractivity contribution < 1.29 is 0 Å². The van der Waals surface area contributed by atoms with Gasteiger partial charge >= 0.3 is 0 Å². The molecular formula is C39H52N6. The number of benzene rings is 2. The highest BCUT2D eigenvalue weighted by Gasteiger charge is 2.12. The molecule has 6 heteroatoms. The lowest BCUT2D eigenvalue weighted by molar-refractivity contribution is 0.230. The van der Waals surface area contributed by atoms with Crippen LogP contribution in [0.3, 0.4) is 0 Å². The molecule has 0 amide bonds. The Hall–Kier alpha value is -3.48. The fourth-order valence-electron chi connectivity index (χ4n) is 6.32. The number of nitrogens with zero attached hydrogens (tertiary/aromatic N) is 6. The summed E-state index contributed by atoms with van der Waals surface area (Å²) in [5.74, 6) is 2.00. The second kappa shape index (κ2) is 19.1. The topological polar surface area (TPSA) is 58.0 Å². The van der Waals surface area contributed by atoms with Crippen molar-refractivity contribution in [3.63, 3.8) is 0 Å². The lowest BCUT2D eigenvalue weighted by Crippen LogP contribution is -2.31. The normalized spacial score (nSPS) is 15.7. The molecule has 238 valence electrons. The molecule has 0 saturated carbocycles. The molecule has 0 unspecified atom stereocenters. The Morgan fingerprint density at radius 1 is 0.444 bits per heavy atom. The number of likely N-dealkylation sites (tertiary alicyclic amines) is 2. The summed E-state index contributed by atoms with van der Waals surface area (Å²) in [6, 6.07) is 25.4. The molecular weight excluding hydrogens is 552 g/mol. The maximum atomic E-state index is 4.75. The standard InChI is InChI=1S/C20H27N3.C19H25N3/c1-3-8-18(9-4-1)10-7-11-19-12-14-21-20(22-19)13-17-23-15-5-2-6-16-23;1-3-7-17(8-4-1)9-10-18-11-13-20-19(21-18)12-16-22-14-5-2-6-15-22/h1,3-4,8-9,12,14H,2,5-7,10-11,13,15-17H2;1,3-4,7-8,11,13H,2,5-6,9-10,12,14-16H2. The van der Waals surface area contributed by atoms with E-state index in [1.54, 1.807) is 0 Å². The Kier molecular flexibility index (Phi) is 14.0. The Labute approximate surface area is 271 Å². The van der Waals surface area contributed by atoms with Crippen LogP contribution in [0.25, 0.3) is 0 Å². The van der Waals surface area contributed by atoms with Crippen LogP contribution in [-0.4, -0.2) is 69.0 Å². The largest absolute Gasteiger partial charge is 0.303 e. The minimum Gasteiger partial charge on any atom is -0.303 e. The van der Waals surface area contributed by atoms with Crippen LogP contribution in [0.1, 0.15) is 79.1 Å². The summed E-state index contributed by atoms with van der Waals surface area (Å²) in [5, 5.41) is 0. The molecule has 2 aliphatic rings. The van der Waals surface area contributed by atoms with Crippen LogP contribution in [0.4, 0.5) is 0 Å². The minimum absolute atomic E-state index is 0.971. The lowest BCUT2D eigenvalue weighted by atomic mass is 10.1. The van der Waals surface area contributed by atoms with Crippen LogP contribution in [-0.2, 0) is 38.5 Å². The Balaban J connectivity index is 0.000000178. The van der Waals surface area contributed by atoms with Gasteiger partial charge in [-0.15, -0.1) is 0 Å². The molecule has 2 saturated heterocycles. The van der Waals surface area contributed by atoms with E-state index in [0.29, 0.717) is 0 Å². The molecule has 0 aliphatic carbocycles. The van der Waals surface area contributed by atoms with Crippen molar-refractivity contribution in [2.45, 2.75) is 83.5 Å². The fraction of sp³-hybridized carbons (Fsp3) is 0.487. The Bertz CT molecular complexity index is 1350. The number of aryl methyl sites for hydroxylation is 4. The van der Waals surface area contributed by atoms with Gasteiger partial charge in [0.05, 0.1) is 0 Å². The van der Waals surface area contributed by atoms with Gasteiger partial charge in [0.1, 0.15) is 11.6 Å². The van der Waals surface area contributed by atoms with E-state index in [9.17, 15) is 0 Å². The molecule has 0 radical (unpaired) electrons. The summed E-state index contributed by atoms with van der Waals surface area (Å²) < 4.78 is 0. The van der Waals surface area contributed by atoms with E-state index < -0.39 is 0 Å². The van der Waals surface area contributed by atoms with E-state index >= 15 is 0 Å². The van der Waals surface area contributed by atoms with E-state index in [0.717, 1.165) is 75.4 Å². The second-order valence-corrected chi connectivity index (χ2v) is 12.6. The number of piperidine rings is 2. The molecule has 0 spiro atoms. The molecule has 45 heavy (non-hydrogen) atoms. The molecule has 0 bridgehead atoms. The third-order valence-electron chi connectivity index (χ3n) is 8.98. The quantitative estimate of drug-likeness (QED) is 0.164. The molecule has 0 N–H and O–H groups in total. The van der Waals surface area contributed by atoms with Crippen LogP contribution < -0.4 is 0 Å². The van der Waals surface area contributed by atoms with Gasteiger partial charge in [-0.05, 0) is 107 Å². The number of rotatable bonds is 13. The highest BCUT2D eigenvalue weighted by Crippen LogP contribution is 2.12. The van der Waals surface area contributed by atoms with Crippen LogP contribution in [0, 0.1) is 0 Å². The van der Waals surface area contributed by atoms with Gasteiger partial charge in [-0.2, -0.15) is 0 Å². The molecule has 4 aromatic rings. The zero-order chi connectivity index (χ0) is 30.8. The van der Waals surface area contributed by atoms with Crippen LogP contribution in [0.2, 0.25) is 0 Å². The zero-order valence-electron chi connectivity index (χ0n) is 27.2. The molecule has 2 aliphatic heterocycles. The van der Waals surface area contributed by atoms with Gasteiger partial charge in [0.2, 0.25) is 0 Å². The minimum atomic E-state index is 0.971. The van der Waals surface area contributed by atoms with E-state index in [-0.39, 0.29) is 0 Å². The predicted octanol–water partition coefficient (Wildman–Crippen LogP) is 6.97. The molecule has 2 aromatic carbocycles. The average Bonchev–Trinajstić information content (AvgIpc) is 3.11. The van der Waals surface area contributed by atoms with Crippen LogP contribution >= 0.6 is 0 Å². The first-order chi connectivity index (χ1) is 22.3. The molecule has 6 rings (SSSR count). The van der Waals surface area contributed by atoms with Gasteiger partial charge < -0.3 is 9.80 Å². The Morgan fingerprint density at radius 3 is 1.42 bits per heavy atom. The smallest absolute Gasteiger partial charge is 0.129 e. The van der Waals surface area contributed by atoms with Crippen molar-refractivity contribution >= 4 is 0 Å². The second-order valence-electron chi connectivity index (χ2n) is 12.6. The van der Waals surface area contributed by atoms with Crippen molar-refractivity contribution in [2.75, 3.05) is 39.3 Å². The predicted molar refractivity (Wildman–Crippen MR) is 184 cm³/mol. The summed E-state index contributed by atoms with van der Waals surface area (Å²) in [5.41, 5.74) is 5.12. The van der Waals surface area contributed by atoms with Crippen molar-refractivity contribution in [2.24, 2.45) is 0 Å². The summed E-state index contributed by atoms with van der Waals surface area (Å²) in [7, 11) is 0. The summed E-state index contributed by atoms with van der Waals surface area (Å²) in [6.45, 7) is 7.19. The third kappa shape index (κ3) is 12.4. The van der Waals surface area contributed by atoms with Gasteiger partial charge in [-0.3, -0.25) is 0 Å². The summed E-state index contributed by atoms with van der Waals surface area (Å²) >= 11 is 0. The highest BCUT2D eigenvalue weighted by atomic mass is 15.1. The zero-order valence-corrected chi connectivity index (χ0v) is 27.2. The first-order valence-corrected chi connectivity index (χ1v) is 17.4. The molecule has 2 fully saturated rings. The van der Waals surface area contributed by atoms with Gasteiger partial charge in [0.25, 0.3) is 0 Å². The monoisotopic (exact) mass is 604 g/mol. The van der Waals surface area contributed by atoms with Crippen molar-refractivity contribution in [3.8, 4) is 0 Å². The van der Waals surface area contributed by atoms with Gasteiger partial charge in [-0.1, -0.05) is 73.5 Å². The van der Waals surface area contributed by atoms with Gasteiger partial charge in [-0.25, -0.2) is 19.9 Å². The van der Waals surface area contributed by atoms with Crippen molar-refractivity contribution in [1.82, 2.24) is 29.7 Å². The maximum Gasteiger partial charge on any atom is 0.129 e. The maximum absolute atomic E-state index is 4.75. The van der Waals surface area contributed by atoms with Crippen LogP contribution in [0.15, 0.2) is 85.2 Å². The number of hydrogen-bond donors (Lipinski definition) is 0. The van der Waals surface area contributed by atoms with E-state index in [4.69, 9.17) is 9.97 Å². The Morgan fingerprint density at radius 2 is 0.911 bits per heavy atom. The average molecular weight is 605 g/mol. The first kappa shape index (κ1) is 32.9. The van der Waals surface area contributed by atoms with E-state index in [2.05, 4.69) is 86.5 Å². The van der Waals surface area contributed by atoms with E-state index in [1.165, 1.54) is 81.5 Å². The van der Waals surface area contributed by atoms with E-state index in [1.807, 2.05) is 18.5 Å². The lowest BCUT2D eigenvalue weighted by Gasteiger charge is -2.25. The molecule has 0 atom stereocenters. The first-order valence-electron chi connectivity index (χ1n) is 17.4. The SMILES string of the molecule is c1ccc(CCCc2ccnc(CCN3CCCCC3)n2)cc1.c1ccc(CCc2ccnc(CCN3CCCCC3)n2)cc1. The number of hydrogen-bond acceptors (Lipinski definition) is 6. The third-order valence-corrected chi connectivity index (χ3v) is 8.98. The molecule has 2 aromatic heterocycles. The molecule has 4 heterocycles. The van der Waals surface area contributed by atoms with Crippen molar-refractivity contribution in [1.29, 1.82) is 0 Å². The van der Waals surface area contributed by atoms with Gasteiger partial charge in [0.15, 0.2) is 0 Å². The highest BCUT2D eigenvalue weighted by molar-refractivity contribution is 5.17. The fourth-order valence-corrected chi connectivity index (χ4v) is 6.32. The number of aromatic nitrogens is 4. The van der Waals surface area contributed by atoms with Crippen LogP contribution in [0.5, 0.6) is 0 Å². The van der Waals surface area contributed by atoms with Crippen molar-refractivity contribution in [3.05, 3.63) is 119 Å².